The molecule has 2 N–H and O–H groups in total. The number of hydrogen-bond donors (Lipinski definition) is 1. The van der Waals surface area contributed by atoms with Crippen LogP contribution in [0.5, 0.6) is 0 Å². The first-order chi connectivity index (χ1) is 9.55. The first kappa shape index (κ1) is 14.8. The summed E-state index contributed by atoms with van der Waals surface area (Å²) < 4.78 is 0. The van der Waals surface area contributed by atoms with Gasteiger partial charge in [-0.1, -0.05) is 6.42 Å². The van der Waals surface area contributed by atoms with Crippen LogP contribution in [0.1, 0.15) is 25.7 Å². The van der Waals surface area contributed by atoms with Crippen molar-refractivity contribution in [2.24, 2.45) is 11.7 Å². The Morgan fingerprint density at radius 1 is 1.50 bits per heavy atom. The van der Waals surface area contributed by atoms with E-state index in [1.165, 1.54) is 12.1 Å². The summed E-state index contributed by atoms with van der Waals surface area (Å²) in [6, 6.07) is 8.80. The van der Waals surface area contributed by atoms with Crippen molar-refractivity contribution >= 4 is 17.4 Å². The first-order valence-corrected chi connectivity index (χ1v) is 7.61. The molecular weight excluding hydrogens is 274 g/mol. The normalized spacial score (nSPS) is 25.3. The highest BCUT2D eigenvalue weighted by Gasteiger charge is 2.39. The highest BCUT2D eigenvalue weighted by molar-refractivity contribution is 7.99. The van der Waals surface area contributed by atoms with Crippen LogP contribution in [0.2, 0.25) is 0 Å². The van der Waals surface area contributed by atoms with Gasteiger partial charge in [0.2, 0.25) is 0 Å². The van der Waals surface area contributed by atoms with E-state index < -0.39 is 10.5 Å². The third-order valence-electron chi connectivity index (χ3n) is 3.86. The molecule has 1 saturated carbocycles. The molecule has 1 aliphatic rings. The first-order valence-electron chi connectivity index (χ1n) is 6.62. The minimum Gasteiger partial charge on any atom is -0.313 e. The summed E-state index contributed by atoms with van der Waals surface area (Å²) in [5, 5.41) is 19.7. The summed E-state index contributed by atoms with van der Waals surface area (Å²) in [5.74, 6) is 1.14. The second-order valence-corrected chi connectivity index (χ2v) is 6.30. The molecule has 0 bridgehead atoms. The standard InChI is InChI=1S/C14H17N3O2S/c15-10-14(16)8-1-2-11(14)7-9-20-13-5-3-12(4-6-13)17(18)19/h3-6,11H,1-2,7-9,16H2. The molecule has 2 unspecified atom stereocenters. The van der Waals surface area contributed by atoms with E-state index in [1.54, 1.807) is 23.9 Å². The summed E-state index contributed by atoms with van der Waals surface area (Å²) in [4.78, 5) is 11.2. The lowest BCUT2D eigenvalue weighted by atomic mass is 9.88. The van der Waals surface area contributed by atoms with Gasteiger partial charge in [0.05, 0.1) is 11.0 Å². The van der Waals surface area contributed by atoms with Gasteiger partial charge in [0.25, 0.3) is 5.69 Å². The highest BCUT2D eigenvalue weighted by atomic mass is 32.2. The number of benzene rings is 1. The molecule has 0 aromatic heterocycles. The maximum absolute atomic E-state index is 10.6. The molecule has 2 atom stereocenters. The molecule has 5 nitrogen and oxygen atoms in total. The van der Waals surface area contributed by atoms with Gasteiger partial charge in [-0.15, -0.1) is 11.8 Å². The van der Waals surface area contributed by atoms with Crippen LogP contribution in [0.3, 0.4) is 0 Å². The Hall–Kier alpha value is -1.58. The summed E-state index contributed by atoms with van der Waals surface area (Å²) in [6.07, 6.45) is 3.74. The van der Waals surface area contributed by atoms with Gasteiger partial charge in [-0.2, -0.15) is 5.26 Å². The Morgan fingerprint density at radius 2 is 2.20 bits per heavy atom. The number of nitrogens with two attached hydrogens (primary N) is 1. The van der Waals surface area contributed by atoms with Crippen LogP contribution in [0.25, 0.3) is 0 Å². The minimum absolute atomic E-state index is 0.107. The van der Waals surface area contributed by atoms with Gasteiger partial charge in [-0.05, 0) is 43.1 Å². The lowest BCUT2D eigenvalue weighted by Crippen LogP contribution is -2.41. The predicted molar refractivity (Wildman–Crippen MR) is 78.3 cm³/mol. The monoisotopic (exact) mass is 291 g/mol. The SMILES string of the molecule is N#CC1(N)CCCC1CCSc1ccc([N+](=O)[O-])cc1. The Morgan fingerprint density at radius 3 is 2.80 bits per heavy atom. The molecule has 0 saturated heterocycles. The summed E-state index contributed by atoms with van der Waals surface area (Å²) in [5.41, 5.74) is 5.54. The van der Waals surface area contributed by atoms with Crippen molar-refractivity contribution < 1.29 is 4.92 Å². The van der Waals surface area contributed by atoms with Gasteiger partial charge < -0.3 is 5.73 Å². The zero-order chi connectivity index (χ0) is 14.6. The molecule has 20 heavy (non-hydrogen) atoms. The van der Waals surface area contributed by atoms with Crippen molar-refractivity contribution in [2.45, 2.75) is 36.1 Å². The van der Waals surface area contributed by atoms with Gasteiger partial charge in [0.1, 0.15) is 5.54 Å². The number of nitriles is 1. The van der Waals surface area contributed by atoms with Crippen molar-refractivity contribution in [2.75, 3.05) is 5.75 Å². The van der Waals surface area contributed by atoms with Crippen molar-refractivity contribution in [1.82, 2.24) is 0 Å². The van der Waals surface area contributed by atoms with Gasteiger partial charge in [-0.25, -0.2) is 0 Å². The quantitative estimate of drug-likeness (QED) is 0.511. The molecule has 0 spiro atoms. The molecule has 0 amide bonds. The maximum Gasteiger partial charge on any atom is 0.269 e. The van der Waals surface area contributed by atoms with Crippen LogP contribution in [0.15, 0.2) is 29.2 Å². The maximum atomic E-state index is 10.6. The number of hydrogen-bond acceptors (Lipinski definition) is 5. The molecule has 0 radical (unpaired) electrons. The average molecular weight is 291 g/mol. The molecule has 2 rings (SSSR count). The number of non-ortho nitro benzene ring substituents is 1. The molecule has 1 aliphatic carbocycles. The Balaban J connectivity index is 1.84. The molecule has 0 heterocycles. The average Bonchev–Trinajstić information content (AvgIpc) is 2.82. The van der Waals surface area contributed by atoms with Gasteiger partial charge >= 0.3 is 0 Å². The van der Waals surface area contributed by atoms with Crippen LogP contribution >= 0.6 is 11.8 Å². The molecule has 1 aromatic rings. The fourth-order valence-electron chi connectivity index (χ4n) is 2.63. The molecular formula is C14H17N3O2S. The van der Waals surface area contributed by atoms with Crippen LogP contribution in [-0.4, -0.2) is 16.2 Å². The fraction of sp³-hybridized carbons (Fsp3) is 0.500. The van der Waals surface area contributed by atoms with E-state index in [2.05, 4.69) is 6.07 Å². The highest BCUT2D eigenvalue weighted by Crippen LogP contribution is 2.37. The van der Waals surface area contributed by atoms with Crippen LogP contribution in [-0.2, 0) is 0 Å². The van der Waals surface area contributed by atoms with E-state index in [4.69, 9.17) is 11.0 Å². The van der Waals surface area contributed by atoms with E-state index in [0.717, 1.165) is 36.3 Å². The topological polar surface area (TPSA) is 93.0 Å². The Labute approximate surface area is 122 Å². The van der Waals surface area contributed by atoms with Gasteiger partial charge in [0, 0.05) is 17.0 Å². The van der Waals surface area contributed by atoms with Crippen molar-refractivity contribution in [1.29, 1.82) is 5.26 Å². The third-order valence-corrected chi connectivity index (χ3v) is 4.91. The van der Waals surface area contributed by atoms with E-state index in [9.17, 15) is 10.1 Å². The fourth-order valence-corrected chi connectivity index (χ4v) is 3.60. The number of thioether (sulfide) groups is 1. The van der Waals surface area contributed by atoms with Crippen LogP contribution < -0.4 is 5.73 Å². The van der Waals surface area contributed by atoms with E-state index in [-0.39, 0.29) is 11.6 Å². The van der Waals surface area contributed by atoms with Crippen LogP contribution in [0.4, 0.5) is 5.69 Å². The van der Waals surface area contributed by atoms with E-state index in [1.807, 2.05) is 0 Å². The molecule has 106 valence electrons. The number of rotatable bonds is 5. The van der Waals surface area contributed by atoms with E-state index in [0.29, 0.717) is 0 Å². The van der Waals surface area contributed by atoms with Gasteiger partial charge in [0.15, 0.2) is 0 Å². The van der Waals surface area contributed by atoms with Crippen molar-refractivity contribution in [3.63, 3.8) is 0 Å². The molecule has 6 heteroatoms. The largest absolute Gasteiger partial charge is 0.313 e. The second kappa shape index (κ2) is 6.25. The summed E-state index contributed by atoms with van der Waals surface area (Å²) in [7, 11) is 0. The number of nitro benzene ring substituents is 1. The molecule has 0 aliphatic heterocycles. The zero-order valence-corrected chi connectivity index (χ0v) is 11.9. The molecule has 1 fully saturated rings. The Bertz CT molecular complexity index is 526. The smallest absolute Gasteiger partial charge is 0.269 e. The van der Waals surface area contributed by atoms with Gasteiger partial charge in [-0.3, -0.25) is 10.1 Å². The zero-order valence-electron chi connectivity index (χ0n) is 11.1. The summed E-state index contributed by atoms with van der Waals surface area (Å²) in [6.45, 7) is 0. The van der Waals surface area contributed by atoms with Crippen molar-refractivity contribution in [3.8, 4) is 6.07 Å². The lowest BCUT2D eigenvalue weighted by molar-refractivity contribution is -0.384. The van der Waals surface area contributed by atoms with Crippen LogP contribution in [0, 0.1) is 27.4 Å². The lowest BCUT2D eigenvalue weighted by Gasteiger charge is -2.23. The third kappa shape index (κ3) is 3.30. The number of nitro groups is 1. The van der Waals surface area contributed by atoms with E-state index >= 15 is 0 Å². The minimum atomic E-state index is -0.657. The Kier molecular flexibility index (Phi) is 4.63. The van der Waals surface area contributed by atoms with Crippen molar-refractivity contribution in [3.05, 3.63) is 34.4 Å². The number of nitrogens with zero attached hydrogens (tertiary/aromatic N) is 2. The predicted octanol–water partition coefficient (Wildman–Crippen LogP) is 3.10. The molecule has 1 aromatic carbocycles. The second-order valence-electron chi connectivity index (χ2n) is 5.13. The summed E-state index contributed by atoms with van der Waals surface area (Å²) >= 11 is 1.65.